The summed E-state index contributed by atoms with van der Waals surface area (Å²) in [6, 6.07) is 12.6. The number of nitrogens with one attached hydrogen (secondary N) is 1. The summed E-state index contributed by atoms with van der Waals surface area (Å²) >= 11 is 0. The van der Waals surface area contributed by atoms with Gasteiger partial charge in [0.05, 0.1) is 13.2 Å². The third-order valence-electron chi connectivity index (χ3n) is 3.46. The van der Waals surface area contributed by atoms with E-state index in [1.807, 2.05) is 30.3 Å². The van der Waals surface area contributed by atoms with Crippen LogP contribution in [-0.4, -0.2) is 31.8 Å². The maximum atomic E-state index is 12.3. The molecule has 0 aliphatic heterocycles. The first kappa shape index (κ1) is 22.6. The number of hydrogen-bond acceptors (Lipinski definition) is 4. The fourth-order valence-electron chi connectivity index (χ4n) is 2.22. The molecule has 0 saturated carbocycles. The van der Waals surface area contributed by atoms with Crippen LogP contribution in [0.3, 0.4) is 0 Å². The number of anilines is 1. The summed E-state index contributed by atoms with van der Waals surface area (Å²) in [6.07, 6.45) is -4.15. The van der Waals surface area contributed by atoms with Gasteiger partial charge in [0.15, 0.2) is 18.1 Å². The van der Waals surface area contributed by atoms with Gasteiger partial charge in [-0.3, -0.25) is 4.79 Å². The first-order chi connectivity index (χ1) is 12.3. The average Bonchev–Trinajstić information content (AvgIpc) is 2.60. The standard InChI is InChI=1S/C18H19F3N2O3.ClH/c1-25-15-8-7-13(10-16(15)26-11-18(19,20)21)23-17(24)14(22)9-12-5-3-2-4-6-12;/h2-8,10,14H,9,11,22H2,1H3,(H,23,24);1H/t14-;/m0./s1. The molecule has 3 N–H and O–H groups in total. The summed E-state index contributed by atoms with van der Waals surface area (Å²) in [5.74, 6) is -0.458. The first-order valence-electron chi connectivity index (χ1n) is 7.76. The van der Waals surface area contributed by atoms with E-state index in [1.165, 1.54) is 25.3 Å². The van der Waals surface area contributed by atoms with Crippen LogP contribution < -0.4 is 20.5 Å². The Hall–Kier alpha value is -2.45. The van der Waals surface area contributed by atoms with Gasteiger partial charge in [0.25, 0.3) is 0 Å². The minimum absolute atomic E-state index is 0. The molecule has 2 aromatic rings. The molecule has 0 aliphatic rings. The lowest BCUT2D eigenvalue weighted by atomic mass is 10.1. The zero-order chi connectivity index (χ0) is 19.2. The van der Waals surface area contributed by atoms with E-state index >= 15 is 0 Å². The van der Waals surface area contributed by atoms with Gasteiger partial charge in [-0.2, -0.15) is 13.2 Å². The number of hydrogen-bond donors (Lipinski definition) is 2. The van der Waals surface area contributed by atoms with Crippen LogP contribution in [0, 0.1) is 0 Å². The SMILES string of the molecule is COc1ccc(NC(=O)[C@@H](N)Cc2ccccc2)cc1OCC(F)(F)F.Cl. The van der Waals surface area contributed by atoms with Crippen molar-refractivity contribution in [2.45, 2.75) is 18.6 Å². The molecule has 0 bridgehead atoms. The van der Waals surface area contributed by atoms with Crippen LogP contribution in [0.25, 0.3) is 0 Å². The van der Waals surface area contributed by atoms with E-state index < -0.39 is 24.7 Å². The lowest BCUT2D eigenvalue weighted by Crippen LogP contribution is -2.37. The van der Waals surface area contributed by atoms with Gasteiger partial charge >= 0.3 is 6.18 Å². The Balaban J connectivity index is 0.00000364. The second kappa shape index (κ2) is 10.0. The summed E-state index contributed by atoms with van der Waals surface area (Å²) in [6.45, 7) is -1.46. The third kappa shape index (κ3) is 7.36. The van der Waals surface area contributed by atoms with Crippen molar-refractivity contribution in [3.05, 3.63) is 54.1 Å². The number of carbonyl (C=O) groups is 1. The zero-order valence-electron chi connectivity index (χ0n) is 14.5. The highest BCUT2D eigenvalue weighted by molar-refractivity contribution is 5.95. The number of halogens is 4. The molecule has 0 heterocycles. The number of benzene rings is 2. The maximum absolute atomic E-state index is 12.3. The van der Waals surface area contributed by atoms with Crippen LogP contribution in [0.4, 0.5) is 18.9 Å². The van der Waals surface area contributed by atoms with Crippen molar-refractivity contribution in [3.63, 3.8) is 0 Å². The second-order valence-electron chi connectivity index (χ2n) is 5.55. The largest absolute Gasteiger partial charge is 0.493 e. The van der Waals surface area contributed by atoms with E-state index in [0.29, 0.717) is 6.42 Å². The van der Waals surface area contributed by atoms with Crippen molar-refractivity contribution in [2.24, 2.45) is 5.73 Å². The predicted octanol–water partition coefficient (Wildman–Crippen LogP) is 3.57. The summed E-state index contributed by atoms with van der Waals surface area (Å²) < 4.78 is 46.8. The Labute approximate surface area is 161 Å². The van der Waals surface area contributed by atoms with Crippen molar-refractivity contribution in [3.8, 4) is 11.5 Å². The number of methoxy groups -OCH3 is 1. The van der Waals surface area contributed by atoms with E-state index in [1.54, 1.807) is 0 Å². The van der Waals surface area contributed by atoms with Gasteiger partial charge in [0, 0.05) is 11.8 Å². The third-order valence-corrected chi connectivity index (χ3v) is 3.46. The smallest absolute Gasteiger partial charge is 0.422 e. The molecule has 1 atom stereocenters. The van der Waals surface area contributed by atoms with Crippen molar-refractivity contribution in [1.29, 1.82) is 0 Å². The molecular weight excluding hydrogens is 385 g/mol. The van der Waals surface area contributed by atoms with Gasteiger partial charge in [-0.25, -0.2) is 0 Å². The highest BCUT2D eigenvalue weighted by atomic mass is 35.5. The molecule has 9 heteroatoms. The molecule has 0 unspecified atom stereocenters. The molecule has 0 fully saturated rings. The summed E-state index contributed by atoms with van der Waals surface area (Å²) in [4.78, 5) is 12.2. The molecular formula is C18H20ClF3N2O3. The van der Waals surface area contributed by atoms with Gasteiger partial charge in [0.1, 0.15) is 0 Å². The quantitative estimate of drug-likeness (QED) is 0.740. The number of amides is 1. The normalized spacial score (nSPS) is 11.9. The predicted molar refractivity (Wildman–Crippen MR) is 98.5 cm³/mol. The van der Waals surface area contributed by atoms with Gasteiger partial charge < -0.3 is 20.5 Å². The van der Waals surface area contributed by atoms with Crippen LogP contribution in [0.5, 0.6) is 11.5 Å². The monoisotopic (exact) mass is 404 g/mol. The lowest BCUT2D eigenvalue weighted by molar-refractivity contribution is -0.153. The summed E-state index contributed by atoms with van der Waals surface area (Å²) in [7, 11) is 1.31. The lowest BCUT2D eigenvalue weighted by Gasteiger charge is -2.16. The van der Waals surface area contributed by atoms with Crippen LogP contribution in [0.15, 0.2) is 48.5 Å². The Morgan fingerprint density at radius 1 is 1.15 bits per heavy atom. The van der Waals surface area contributed by atoms with Crippen molar-refractivity contribution in [1.82, 2.24) is 0 Å². The molecule has 1 amide bonds. The summed E-state index contributed by atoms with van der Waals surface area (Å²) in [5.41, 5.74) is 7.05. The zero-order valence-corrected chi connectivity index (χ0v) is 15.3. The van der Waals surface area contributed by atoms with Crippen molar-refractivity contribution in [2.75, 3.05) is 19.0 Å². The minimum Gasteiger partial charge on any atom is -0.493 e. The second-order valence-corrected chi connectivity index (χ2v) is 5.55. The molecule has 5 nitrogen and oxygen atoms in total. The van der Waals surface area contributed by atoms with Crippen molar-refractivity contribution >= 4 is 24.0 Å². The Kier molecular flexibility index (Phi) is 8.39. The Bertz CT molecular complexity index is 742. The highest BCUT2D eigenvalue weighted by Crippen LogP contribution is 2.31. The molecule has 0 aliphatic carbocycles. The molecule has 0 aromatic heterocycles. The van der Waals surface area contributed by atoms with E-state index in [2.05, 4.69) is 5.32 Å². The van der Waals surface area contributed by atoms with E-state index in [-0.39, 0.29) is 29.6 Å². The fourth-order valence-corrected chi connectivity index (χ4v) is 2.22. The van der Waals surface area contributed by atoms with Crippen LogP contribution in [-0.2, 0) is 11.2 Å². The number of alkyl halides is 3. The average molecular weight is 405 g/mol. The van der Waals surface area contributed by atoms with Gasteiger partial charge in [-0.15, -0.1) is 12.4 Å². The molecule has 27 heavy (non-hydrogen) atoms. The van der Waals surface area contributed by atoms with Crippen LogP contribution in [0.1, 0.15) is 5.56 Å². The topological polar surface area (TPSA) is 73.6 Å². The number of rotatable bonds is 7. The van der Waals surface area contributed by atoms with Gasteiger partial charge in [-0.1, -0.05) is 30.3 Å². The molecule has 2 aromatic carbocycles. The number of nitrogens with two attached hydrogens (primary N) is 1. The molecule has 0 spiro atoms. The van der Waals surface area contributed by atoms with Gasteiger partial charge in [-0.05, 0) is 24.1 Å². The van der Waals surface area contributed by atoms with Crippen molar-refractivity contribution < 1.29 is 27.4 Å². The minimum atomic E-state index is -4.48. The summed E-state index contributed by atoms with van der Waals surface area (Å²) in [5, 5.41) is 2.57. The van der Waals surface area contributed by atoms with Crippen LogP contribution >= 0.6 is 12.4 Å². The van der Waals surface area contributed by atoms with E-state index in [0.717, 1.165) is 5.56 Å². The number of carbonyl (C=O) groups excluding carboxylic acids is 1. The van der Waals surface area contributed by atoms with E-state index in [4.69, 9.17) is 15.2 Å². The molecule has 2 rings (SSSR count). The number of ether oxygens (including phenoxy) is 2. The molecule has 148 valence electrons. The first-order valence-corrected chi connectivity index (χ1v) is 7.76. The van der Waals surface area contributed by atoms with Crippen LogP contribution in [0.2, 0.25) is 0 Å². The Morgan fingerprint density at radius 3 is 2.41 bits per heavy atom. The maximum Gasteiger partial charge on any atom is 0.422 e. The fraction of sp³-hybridized carbons (Fsp3) is 0.278. The van der Waals surface area contributed by atoms with Gasteiger partial charge in [0.2, 0.25) is 5.91 Å². The van der Waals surface area contributed by atoms with E-state index in [9.17, 15) is 18.0 Å². The molecule has 0 radical (unpaired) electrons. The molecule has 0 saturated heterocycles. The highest BCUT2D eigenvalue weighted by Gasteiger charge is 2.29. The Morgan fingerprint density at radius 2 is 1.81 bits per heavy atom.